The largest absolute Gasteiger partial charge is 0.336 e. The molecule has 16 heavy (non-hydrogen) atoms. The summed E-state index contributed by atoms with van der Waals surface area (Å²) in [7, 11) is 0. The summed E-state index contributed by atoms with van der Waals surface area (Å²) < 4.78 is 0.595. The third-order valence-electron chi connectivity index (χ3n) is 2.45. The molecule has 2 rings (SSSR count). The Balaban J connectivity index is 2.07. The van der Waals surface area contributed by atoms with Crippen LogP contribution in [-0.4, -0.2) is 39.6 Å². The first-order valence-corrected chi connectivity index (χ1v) is 5.74. The number of Topliss-reactive ketones (excluding diaryl/α,β-unsaturated/α-hetero) is 1. The third-order valence-corrected chi connectivity index (χ3v) is 2.86. The lowest BCUT2D eigenvalue weighted by Gasteiger charge is -2.25. The zero-order chi connectivity index (χ0) is 11.5. The number of carbonyl (C=O) groups is 2. The number of ketones is 1. The molecule has 1 aliphatic rings. The van der Waals surface area contributed by atoms with Gasteiger partial charge in [-0.1, -0.05) is 0 Å². The zero-order valence-corrected chi connectivity index (χ0v) is 10.1. The lowest BCUT2D eigenvalue weighted by molar-refractivity contribution is -0.120. The SMILES string of the molecule is O=C1CCN(C(=O)c2cnc(Br)cn2)CC1. The van der Waals surface area contributed by atoms with Gasteiger partial charge in [-0.15, -0.1) is 0 Å². The fraction of sp³-hybridized carbons (Fsp3) is 0.400. The van der Waals surface area contributed by atoms with Gasteiger partial charge in [0.1, 0.15) is 16.1 Å². The second-order valence-corrected chi connectivity index (χ2v) is 4.37. The highest BCUT2D eigenvalue weighted by Crippen LogP contribution is 2.10. The molecule has 5 nitrogen and oxygen atoms in total. The van der Waals surface area contributed by atoms with Gasteiger partial charge in [0.15, 0.2) is 0 Å². The van der Waals surface area contributed by atoms with Crippen LogP contribution < -0.4 is 0 Å². The van der Waals surface area contributed by atoms with Crippen molar-refractivity contribution < 1.29 is 9.59 Å². The fourth-order valence-electron chi connectivity index (χ4n) is 1.54. The number of nitrogens with zero attached hydrogens (tertiary/aromatic N) is 3. The van der Waals surface area contributed by atoms with Crippen LogP contribution in [0.25, 0.3) is 0 Å². The Hall–Kier alpha value is -1.30. The first kappa shape index (κ1) is 11.2. The van der Waals surface area contributed by atoms with Crippen molar-refractivity contribution in [3.63, 3.8) is 0 Å². The van der Waals surface area contributed by atoms with Crippen LogP contribution in [0.15, 0.2) is 17.0 Å². The van der Waals surface area contributed by atoms with Crippen molar-refractivity contribution in [2.75, 3.05) is 13.1 Å². The fourth-order valence-corrected chi connectivity index (χ4v) is 1.75. The third kappa shape index (κ3) is 2.44. The van der Waals surface area contributed by atoms with E-state index < -0.39 is 0 Å². The summed E-state index contributed by atoms with van der Waals surface area (Å²) in [6, 6.07) is 0. The zero-order valence-electron chi connectivity index (χ0n) is 8.52. The normalized spacial score (nSPS) is 16.3. The number of hydrogen-bond donors (Lipinski definition) is 0. The van der Waals surface area contributed by atoms with Gasteiger partial charge in [0.2, 0.25) is 0 Å². The second-order valence-electron chi connectivity index (χ2n) is 3.56. The van der Waals surface area contributed by atoms with E-state index in [-0.39, 0.29) is 11.7 Å². The van der Waals surface area contributed by atoms with Crippen LogP contribution in [0.3, 0.4) is 0 Å². The molecular formula is C10H10BrN3O2. The summed E-state index contributed by atoms with van der Waals surface area (Å²) in [5.41, 5.74) is 0.317. The van der Waals surface area contributed by atoms with Crippen molar-refractivity contribution in [2.45, 2.75) is 12.8 Å². The number of likely N-dealkylation sites (tertiary alicyclic amines) is 1. The predicted octanol–water partition coefficient (Wildman–Crippen LogP) is 1.04. The summed E-state index contributed by atoms with van der Waals surface area (Å²) in [5, 5.41) is 0. The minimum atomic E-state index is -0.160. The van der Waals surface area contributed by atoms with Crippen LogP contribution in [0.1, 0.15) is 23.3 Å². The number of piperidine rings is 1. The molecule has 2 heterocycles. The van der Waals surface area contributed by atoms with Gasteiger partial charge in [-0.05, 0) is 15.9 Å². The monoisotopic (exact) mass is 283 g/mol. The van der Waals surface area contributed by atoms with Crippen molar-refractivity contribution in [3.05, 3.63) is 22.7 Å². The van der Waals surface area contributed by atoms with E-state index in [0.29, 0.717) is 36.2 Å². The summed E-state index contributed by atoms with van der Waals surface area (Å²) in [6.45, 7) is 0.963. The van der Waals surface area contributed by atoms with Crippen molar-refractivity contribution in [2.24, 2.45) is 0 Å². The molecule has 84 valence electrons. The molecular weight excluding hydrogens is 274 g/mol. The van der Waals surface area contributed by atoms with Crippen molar-refractivity contribution in [1.82, 2.24) is 14.9 Å². The molecule has 6 heteroatoms. The standard InChI is InChI=1S/C10H10BrN3O2/c11-9-6-12-8(5-13-9)10(16)14-3-1-7(15)2-4-14/h5-6H,1-4H2. The number of carbonyl (C=O) groups excluding carboxylic acids is 2. The van der Waals surface area contributed by atoms with Gasteiger partial charge < -0.3 is 4.90 Å². The minimum absolute atomic E-state index is 0.160. The summed E-state index contributed by atoms with van der Waals surface area (Å²) in [5.74, 6) is 0.0541. The van der Waals surface area contributed by atoms with E-state index in [2.05, 4.69) is 25.9 Å². The highest BCUT2D eigenvalue weighted by atomic mass is 79.9. The topological polar surface area (TPSA) is 63.2 Å². The van der Waals surface area contributed by atoms with E-state index in [1.54, 1.807) is 4.90 Å². The van der Waals surface area contributed by atoms with Gasteiger partial charge >= 0.3 is 0 Å². The average Bonchev–Trinajstić information content (AvgIpc) is 2.30. The molecule has 1 aromatic heterocycles. The molecule has 0 atom stereocenters. The summed E-state index contributed by atoms with van der Waals surface area (Å²) in [4.78, 5) is 32.5. The molecule has 1 fully saturated rings. The van der Waals surface area contributed by atoms with E-state index in [0.717, 1.165) is 0 Å². The average molecular weight is 284 g/mol. The maximum absolute atomic E-state index is 11.9. The predicted molar refractivity (Wildman–Crippen MR) is 59.9 cm³/mol. The number of halogens is 1. The molecule has 0 radical (unpaired) electrons. The van der Waals surface area contributed by atoms with Crippen LogP contribution in [0.5, 0.6) is 0 Å². The molecule has 0 spiro atoms. The highest BCUT2D eigenvalue weighted by Gasteiger charge is 2.22. The number of hydrogen-bond acceptors (Lipinski definition) is 4. The first-order valence-electron chi connectivity index (χ1n) is 4.95. The Morgan fingerprint density at radius 3 is 2.50 bits per heavy atom. The van der Waals surface area contributed by atoms with Gasteiger partial charge in [0.05, 0.1) is 12.4 Å². The molecule has 0 saturated carbocycles. The van der Waals surface area contributed by atoms with Crippen LogP contribution in [0.4, 0.5) is 0 Å². The van der Waals surface area contributed by atoms with E-state index in [1.807, 2.05) is 0 Å². The quantitative estimate of drug-likeness (QED) is 0.773. The summed E-state index contributed by atoms with van der Waals surface area (Å²) in [6.07, 6.45) is 3.80. The van der Waals surface area contributed by atoms with E-state index in [9.17, 15) is 9.59 Å². The number of rotatable bonds is 1. The van der Waals surface area contributed by atoms with Crippen molar-refractivity contribution in [1.29, 1.82) is 0 Å². The van der Waals surface area contributed by atoms with Gasteiger partial charge in [-0.3, -0.25) is 9.59 Å². The maximum Gasteiger partial charge on any atom is 0.274 e. The van der Waals surface area contributed by atoms with Crippen molar-refractivity contribution >= 4 is 27.6 Å². The Morgan fingerprint density at radius 2 is 1.94 bits per heavy atom. The Bertz CT molecular complexity index is 409. The minimum Gasteiger partial charge on any atom is -0.336 e. The lowest BCUT2D eigenvalue weighted by Crippen LogP contribution is -2.39. The van der Waals surface area contributed by atoms with Gasteiger partial charge in [0, 0.05) is 25.9 Å². The van der Waals surface area contributed by atoms with Crippen LogP contribution in [0, 0.1) is 0 Å². The first-order chi connectivity index (χ1) is 7.66. The number of amides is 1. The second kappa shape index (κ2) is 4.69. The highest BCUT2D eigenvalue weighted by molar-refractivity contribution is 9.10. The summed E-state index contributed by atoms with van der Waals surface area (Å²) >= 11 is 3.16. The Kier molecular flexibility index (Phi) is 3.28. The molecule has 1 aromatic rings. The van der Waals surface area contributed by atoms with E-state index >= 15 is 0 Å². The van der Waals surface area contributed by atoms with Crippen LogP contribution in [0.2, 0.25) is 0 Å². The Morgan fingerprint density at radius 1 is 1.25 bits per heavy atom. The van der Waals surface area contributed by atoms with Gasteiger partial charge in [0.25, 0.3) is 5.91 Å². The van der Waals surface area contributed by atoms with E-state index in [4.69, 9.17) is 0 Å². The molecule has 0 aromatic carbocycles. The Labute approximate surface area is 101 Å². The molecule has 1 saturated heterocycles. The van der Waals surface area contributed by atoms with Crippen LogP contribution in [-0.2, 0) is 4.79 Å². The van der Waals surface area contributed by atoms with Gasteiger partial charge in [-0.2, -0.15) is 0 Å². The molecule has 1 aliphatic heterocycles. The molecule has 1 amide bonds. The molecule has 0 unspecified atom stereocenters. The lowest BCUT2D eigenvalue weighted by atomic mass is 10.1. The van der Waals surface area contributed by atoms with Gasteiger partial charge in [-0.25, -0.2) is 9.97 Å². The smallest absolute Gasteiger partial charge is 0.274 e. The van der Waals surface area contributed by atoms with Crippen molar-refractivity contribution in [3.8, 4) is 0 Å². The molecule has 0 aliphatic carbocycles. The van der Waals surface area contributed by atoms with E-state index in [1.165, 1.54) is 12.4 Å². The molecule has 0 bridgehead atoms. The maximum atomic E-state index is 11.9. The number of aromatic nitrogens is 2. The van der Waals surface area contributed by atoms with Crippen LogP contribution >= 0.6 is 15.9 Å². The molecule has 0 N–H and O–H groups in total.